The molecule has 180 valence electrons. The predicted molar refractivity (Wildman–Crippen MR) is 138 cm³/mol. The second-order valence-corrected chi connectivity index (χ2v) is 8.05. The summed E-state index contributed by atoms with van der Waals surface area (Å²) in [6.07, 6.45) is 3.33. The van der Waals surface area contributed by atoms with Crippen LogP contribution in [0.2, 0.25) is 0 Å². The highest BCUT2D eigenvalue weighted by Gasteiger charge is 2.15. The fourth-order valence-electron chi connectivity index (χ4n) is 3.91. The zero-order valence-electron chi connectivity index (χ0n) is 20.4. The largest absolute Gasteiger partial charge is 0.497 e. The van der Waals surface area contributed by atoms with Gasteiger partial charge in [-0.05, 0) is 60.9 Å². The van der Waals surface area contributed by atoms with Crippen LogP contribution in [0.5, 0.6) is 17.2 Å². The van der Waals surface area contributed by atoms with E-state index in [1.807, 2.05) is 74.5 Å². The minimum atomic E-state index is -0.181. The van der Waals surface area contributed by atoms with E-state index < -0.39 is 0 Å². The number of methoxy groups -OCH3 is 2. The van der Waals surface area contributed by atoms with Gasteiger partial charge in [0.2, 0.25) is 5.91 Å². The molecule has 35 heavy (non-hydrogen) atoms. The zero-order chi connectivity index (χ0) is 24.8. The molecule has 0 saturated carbocycles. The third-order valence-corrected chi connectivity index (χ3v) is 5.77. The van der Waals surface area contributed by atoms with Crippen LogP contribution in [0.25, 0.3) is 27.7 Å². The first-order valence-electron chi connectivity index (χ1n) is 11.4. The van der Waals surface area contributed by atoms with Gasteiger partial charge in [-0.25, -0.2) is 0 Å². The van der Waals surface area contributed by atoms with Crippen molar-refractivity contribution in [2.24, 2.45) is 0 Å². The van der Waals surface area contributed by atoms with Gasteiger partial charge >= 0.3 is 0 Å². The van der Waals surface area contributed by atoms with Gasteiger partial charge in [-0.3, -0.25) is 4.79 Å². The topological polar surface area (TPSA) is 69.9 Å². The molecular formula is C29H29NO5. The summed E-state index contributed by atoms with van der Waals surface area (Å²) in [4.78, 5) is 12.6. The number of hydrogen-bond acceptors (Lipinski definition) is 5. The fourth-order valence-corrected chi connectivity index (χ4v) is 3.91. The Morgan fingerprint density at radius 3 is 2.34 bits per heavy atom. The van der Waals surface area contributed by atoms with Gasteiger partial charge in [0.15, 0.2) is 0 Å². The Bertz CT molecular complexity index is 1330. The molecule has 1 heterocycles. The molecule has 1 N–H and O–H groups in total. The number of ether oxygens (including phenoxy) is 3. The fraction of sp³-hybridized carbons (Fsp3) is 0.207. The minimum absolute atomic E-state index is 0.181. The van der Waals surface area contributed by atoms with Gasteiger partial charge < -0.3 is 23.9 Å². The van der Waals surface area contributed by atoms with Crippen molar-refractivity contribution in [3.8, 4) is 28.4 Å². The summed E-state index contributed by atoms with van der Waals surface area (Å²) >= 11 is 0. The summed E-state index contributed by atoms with van der Waals surface area (Å²) in [6, 6.07) is 19.4. The van der Waals surface area contributed by atoms with E-state index in [1.54, 1.807) is 26.6 Å². The van der Waals surface area contributed by atoms with Crippen LogP contribution in [0.15, 0.2) is 77.4 Å². The van der Waals surface area contributed by atoms with Crippen molar-refractivity contribution in [3.05, 3.63) is 84.1 Å². The third kappa shape index (κ3) is 5.49. The second kappa shape index (κ2) is 10.8. The van der Waals surface area contributed by atoms with Gasteiger partial charge in [0.25, 0.3) is 0 Å². The monoisotopic (exact) mass is 471 g/mol. The third-order valence-electron chi connectivity index (χ3n) is 5.77. The van der Waals surface area contributed by atoms with Crippen LogP contribution < -0.4 is 19.5 Å². The molecule has 0 aliphatic heterocycles. The first-order valence-corrected chi connectivity index (χ1v) is 11.4. The number of allylic oxidation sites excluding steroid dienone is 1. The van der Waals surface area contributed by atoms with Crippen molar-refractivity contribution >= 4 is 22.4 Å². The average molecular weight is 472 g/mol. The van der Waals surface area contributed by atoms with Crippen LogP contribution in [0, 0.1) is 0 Å². The van der Waals surface area contributed by atoms with Gasteiger partial charge in [-0.15, -0.1) is 0 Å². The summed E-state index contributed by atoms with van der Waals surface area (Å²) < 4.78 is 22.2. The molecule has 4 aromatic rings. The van der Waals surface area contributed by atoms with Crippen molar-refractivity contribution in [2.45, 2.75) is 20.4 Å². The summed E-state index contributed by atoms with van der Waals surface area (Å²) in [7, 11) is 3.23. The van der Waals surface area contributed by atoms with E-state index >= 15 is 0 Å². The molecule has 3 aromatic carbocycles. The van der Waals surface area contributed by atoms with Crippen molar-refractivity contribution in [3.63, 3.8) is 0 Å². The first kappa shape index (κ1) is 24.0. The predicted octanol–water partition coefficient (Wildman–Crippen LogP) is 6.24. The highest BCUT2D eigenvalue weighted by molar-refractivity contribution is 6.00. The lowest BCUT2D eigenvalue weighted by atomic mass is 9.99. The van der Waals surface area contributed by atoms with E-state index in [0.717, 1.165) is 44.7 Å². The highest BCUT2D eigenvalue weighted by Crippen LogP contribution is 2.37. The van der Waals surface area contributed by atoms with Crippen LogP contribution in [-0.4, -0.2) is 26.7 Å². The van der Waals surface area contributed by atoms with Gasteiger partial charge in [-0.2, -0.15) is 0 Å². The lowest BCUT2D eigenvalue weighted by molar-refractivity contribution is -0.116. The number of carbonyl (C=O) groups is 1. The number of nitrogens with one attached hydrogen (secondary N) is 1. The molecule has 0 saturated heterocycles. The Balaban J connectivity index is 1.58. The summed E-state index contributed by atoms with van der Waals surface area (Å²) in [5.41, 5.74) is 5.29. The van der Waals surface area contributed by atoms with Gasteiger partial charge in [0.05, 0.1) is 27.1 Å². The molecule has 0 fully saturated rings. The molecule has 0 bridgehead atoms. The molecule has 0 unspecified atom stereocenters. The Morgan fingerprint density at radius 2 is 1.69 bits per heavy atom. The van der Waals surface area contributed by atoms with Crippen molar-refractivity contribution in [1.29, 1.82) is 0 Å². The van der Waals surface area contributed by atoms with Crippen LogP contribution in [0.3, 0.4) is 0 Å². The van der Waals surface area contributed by atoms with E-state index in [4.69, 9.17) is 18.6 Å². The summed E-state index contributed by atoms with van der Waals surface area (Å²) in [5, 5.41) is 3.87. The number of rotatable bonds is 9. The molecule has 6 heteroatoms. The van der Waals surface area contributed by atoms with Crippen LogP contribution in [0.4, 0.5) is 0 Å². The Hall–Kier alpha value is -4.19. The van der Waals surface area contributed by atoms with E-state index in [-0.39, 0.29) is 5.91 Å². The molecule has 0 aliphatic rings. The van der Waals surface area contributed by atoms with E-state index in [0.29, 0.717) is 24.5 Å². The number of amides is 1. The van der Waals surface area contributed by atoms with Gasteiger partial charge in [0, 0.05) is 35.2 Å². The number of benzene rings is 3. The minimum Gasteiger partial charge on any atom is -0.497 e. The number of furan rings is 1. The van der Waals surface area contributed by atoms with Crippen LogP contribution in [0.1, 0.15) is 25.0 Å². The van der Waals surface area contributed by atoms with E-state index in [2.05, 4.69) is 5.32 Å². The Labute approximate surface area is 205 Å². The van der Waals surface area contributed by atoms with Crippen LogP contribution in [-0.2, 0) is 11.3 Å². The number of carbonyl (C=O) groups excluding carboxylic acids is 1. The normalized spacial score (nSPS) is 11.4. The van der Waals surface area contributed by atoms with E-state index in [9.17, 15) is 4.79 Å². The molecule has 1 amide bonds. The maximum Gasteiger partial charge on any atom is 0.244 e. The molecule has 0 radical (unpaired) electrons. The SMILES string of the molecule is CCOc1ccc(-c2coc3cc(OC)c(/C(C)=C/C(=O)NCc4ccc(OC)cc4)cc23)cc1. The molecule has 0 spiro atoms. The summed E-state index contributed by atoms with van der Waals surface area (Å²) in [5.74, 6) is 2.06. The number of fused-ring (bicyclic) bond motifs is 1. The lowest BCUT2D eigenvalue weighted by Crippen LogP contribution is -2.20. The lowest BCUT2D eigenvalue weighted by Gasteiger charge is -2.10. The smallest absolute Gasteiger partial charge is 0.244 e. The van der Waals surface area contributed by atoms with Crippen molar-refractivity contribution in [2.75, 3.05) is 20.8 Å². The molecular weight excluding hydrogens is 442 g/mol. The molecule has 0 atom stereocenters. The Morgan fingerprint density at radius 1 is 0.971 bits per heavy atom. The van der Waals surface area contributed by atoms with Gasteiger partial charge in [0.1, 0.15) is 22.8 Å². The zero-order valence-corrected chi connectivity index (χ0v) is 20.4. The van der Waals surface area contributed by atoms with Crippen molar-refractivity contribution < 1.29 is 23.4 Å². The molecule has 6 nitrogen and oxygen atoms in total. The number of hydrogen-bond donors (Lipinski definition) is 1. The maximum atomic E-state index is 12.6. The average Bonchev–Trinajstić information content (AvgIpc) is 3.30. The van der Waals surface area contributed by atoms with Crippen LogP contribution >= 0.6 is 0 Å². The second-order valence-electron chi connectivity index (χ2n) is 8.05. The maximum absolute atomic E-state index is 12.6. The molecule has 0 aliphatic carbocycles. The molecule has 1 aromatic heterocycles. The quantitative estimate of drug-likeness (QED) is 0.293. The first-order chi connectivity index (χ1) is 17.0. The molecule has 4 rings (SSSR count). The van der Waals surface area contributed by atoms with Gasteiger partial charge in [-0.1, -0.05) is 24.3 Å². The highest BCUT2D eigenvalue weighted by atomic mass is 16.5. The van der Waals surface area contributed by atoms with E-state index in [1.165, 1.54) is 0 Å². The Kier molecular flexibility index (Phi) is 7.41. The standard InChI is InChI=1S/C29H29NO5/c1-5-34-23-12-8-21(9-13-23)26-18-35-28-16-27(33-4)24(15-25(26)28)19(2)14-29(31)30-17-20-6-10-22(32-3)11-7-20/h6-16,18H,5,17H2,1-4H3,(H,30,31)/b19-14+. The van der Waals surface area contributed by atoms with Crippen molar-refractivity contribution in [1.82, 2.24) is 5.32 Å². The summed E-state index contributed by atoms with van der Waals surface area (Å²) in [6.45, 7) is 4.90.